The molecule has 0 aliphatic rings. The van der Waals surface area contributed by atoms with Gasteiger partial charge in [0.1, 0.15) is 5.75 Å². The number of carbonyl (C=O) groups excluding carboxylic acids is 1. The molecule has 0 fully saturated rings. The van der Waals surface area contributed by atoms with Crippen molar-refractivity contribution in [3.63, 3.8) is 0 Å². The standard InChI is InChI=1S/C17H19NO3/c1-17(2,13-5-4-6-15(19)11-13)12-7-9-14(10-8-12)18-16(20)21-3/h4-11,19H,1-3H3,(H,18,20). The summed E-state index contributed by atoms with van der Waals surface area (Å²) in [6, 6.07) is 14.8. The van der Waals surface area contributed by atoms with E-state index in [2.05, 4.69) is 23.9 Å². The third kappa shape index (κ3) is 3.34. The Morgan fingerprint density at radius 3 is 2.33 bits per heavy atom. The van der Waals surface area contributed by atoms with Gasteiger partial charge in [-0.25, -0.2) is 4.79 Å². The predicted molar refractivity (Wildman–Crippen MR) is 82.7 cm³/mol. The Morgan fingerprint density at radius 2 is 1.76 bits per heavy atom. The summed E-state index contributed by atoms with van der Waals surface area (Å²) in [6.07, 6.45) is -0.491. The molecule has 2 aromatic rings. The summed E-state index contributed by atoms with van der Waals surface area (Å²) in [6.45, 7) is 4.18. The molecule has 0 atom stereocenters. The molecular weight excluding hydrogens is 266 g/mol. The van der Waals surface area contributed by atoms with Crippen LogP contribution in [-0.2, 0) is 10.2 Å². The van der Waals surface area contributed by atoms with E-state index < -0.39 is 6.09 Å². The zero-order valence-corrected chi connectivity index (χ0v) is 12.4. The Labute approximate surface area is 124 Å². The molecule has 110 valence electrons. The minimum absolute atomic E-state index is 0.247. The SMILES string of the molecule is COC(=O)Nc1ccc(C(C)(C)c2cccc(O)c2)cc1. The van der Waals surface area contributed by atoms with Gasteiger partial charge >= 0.3 is 6.09 Å². The Hall–Kier alpha value is -2.49. The summed E-state index contributed by atoms with van der Waals surface area (Å²) in [7, 11) is 1.33. The van der Waals surface area contributed by atoms with Gasteiger partial charge in [0.2, 0.25) is 0 Å². The molecule has 0 aliphatic carbocycles. The molecule has 2 N–H and O–H groups in total. The number of amides is 1. The van der Waals surface area contributed by atoms with Crippen molar-refractivity contribution in [1.29, 1.82) is 0 Å². The molecule has 0 aromatic heterocycles. The van der Waals surface area contributed by atoms with Crippen LogP contribution in [0.25, 0.3) is 0 Å². The van der Waals surface area contributed by atoms with Crippen LogP contribution in [0, 0.1) is 0 Å². The van der Waals surface area contributed by atoms with Gasteiger partial charge in [0.05, 0.1) is 7.11 Å². The van der Waals surface area contributed by atoms with Gasteiger partial charge < -0.3 is 9.84 Å². The van der Waals surface area contributed by atoms with Crippen molar-refractivity contribution in [2.24, 2.45) is 0 Å². The maximum absolute atomic E-state index is 11.2. The van der Waals surface area contributed by atoms with Crippen LogP contribution in [0.2, 0.25) is 0 Å². The maximum Gasteiger partial charge on any atom is 0.411 e. The van der Waals surface area contributed by atoms with Crippen LogP contribution < -0.4 is 5.32 Å². The molecule has 2 aromatic carbocycles. The Bertz CT molecular complexity index is 633. The summed E-state index contributed by atoms with van der Waals surface area (Å²) in [5, 5.41) is 12.3. The molecule has 0 aliphatic heterocycles. The average Bonchev–Trinajstić information content (AvgIpc) is 2.47. The monoisotopic (exact) mass is 285 g/mol. The van der Waals surface area contributed by atoms with E-state index in [0.717, 1.165) is 11.1 Å². The molecule has 0 spiro atoms. The second-order valence-electron chi connectivity index (χ2n) is 5.37. The van der Waals surface area contributed by atoms with Gasteiger partial charge in [-0.2, -0.15) is 0 Å². The highest BCUT2D eigenvalue weighted by atomic mass is 16.5. The minimum Gasteiger partial charge on any atom is -0.508 e. The fraction of sp³-hybridized carbons (Fsp3) is 0.235. The Morgan fingerprint density at radius 1 is 1.10 bits per heavy atom. The first kappa shape index (κ1) is 14.9. The lowest BCUT2D eigenvalue weighted by Gasteiger charge is -2.26. The van der Waals surface area contributed by atoms with E-state index in [4.69, 9.17) is 0 Å². The predicted octanol–water partition coefficient (Wildman–Crippen LogP) is 3.90. The summed E-state index contributed by atoms with van der Waals surface area (Å²) < 4.78 is 4.56. The lowest BCUT2D eigenvalue weighted by Crippen LogP contribution is -2.19. The van der Waals surface area contributed by atoms with Crippen LogP contribution >= 0.6 is 0 Å². The smallest absolute Gasteiger partial charge is 0.411 e. The van der Waals surface area contributed by atoms with Gasteiger partial charge in [-0.3, -0.25) is 5.32 Å². The lowest BCUT2D eigenvalue weighted by molar-refractivity contribution is 0.187. The quantitative estimate of drug-likeness (QED) is 0.899. The van der Waals surface area contributed by atoms with Gasteiger partial charge in [-0.1, -0.05) is 38.1 Å². The van der Waals surface area contributed by atoms with Crippen LogP contribution in [-0.4, -0.2) is 18.3 Å². The second kappa shape index (κ2) is 5.87. The van der Waals surface area contributed by atoms with E-state index in [9.17, 15) is 9.90 Å². The van der Waals surface area contributed by atoms with Crippen LogP contribution in [0.15, 0.2) is 48.5 Å². The molecule has 0 heterocycles. The van der Waals surface area contributed by atoms with Crippen molar-refractivity contribution >= 4 is 11.8 Å². The zero-order chi connectivity index (χ0) is 15.5. The molecule has 0 saturated carbocycles. The molecular formula is C17H19NO3. The van der Waals surface area contributed by atoms with Gasteiger partial charge in [0.25, 0.3) is 0 Å². The summed E-state index contributed by atoms with van der Waals surface area (Å²) in [5.41, 5.74) is 2.54. The number of hydrogen-bond donors (Lipinski definition) is 2. The number of carbonyl (C=O) groups is 1. The van der Waals surface area contributed by atoms with Crippen LogP contribution in [0.1, 0.15) is 25.0 Å². The molecule has 0 unspecified atom stereocenters. The van der Waals surface area contributed by atoms with Crippen LogP contribution in [0.4, 0.5) is 10.5 Å². The second-order valence-corrected chi connectivity index (χ2v) is 5.37. The van der Waals surface area contributed by atoms with Gasteiger partial charge in [0.15, 0.2) is 0 Å². The normalized spacial score (nSPS) is 11.0. The van der Waals surface area contributed by atoms with E-state index in [0.29, 0.717) is 5.69 Å². The Kier molecular flexibility index (Phi) is 4.17. The fourth-order valence-corrected chi connectivity index (χ4v) is 2.20. The van der Waals surface area contributed by atoms with Crippen molar-refractivity contribution in [3.8, 4) is 5.75 Å². The molecule has 4 nitrogen and oxygen atoms in total. The van der Waals surface area contributed by atoms with Crippen molar-refractivity contribution in [2.45, 2.75) is 19.3 Å². The summed E-state index contributed by atoms with van der Waals surface area (Å²) >= 11 is 0. The number of phenols is 1. The number of benzene rings is 2. The number of phenolic OH excluding ortho intramolecular Hbond substituents is 1. The largest absolute Gasteiger partial charge is 0.508 e. The molecule has 0 saturated heterocycles. The van der Waals surface area contributed by atoms with E-state index in [1.807, 2.05) is 36.4 Å². The van der Waals surface area contributed by atoms with E-state index in [1.54, 1.807) is 12.1 Å². The zero-order valence-electron chi connectivity index (χ0n) is 12.4. The molecule has 2 rings (SSSR count). The highest BCUT2D eigenvalue weighted by Gasteiger charge is 2.23. The van der Waals surface area contributed by atoms with E-state index >= 15 is 0 Å². The third-order valence-electron chi connectivity index (χ3n) is 3.61. The summed E-state index contributed by atoms with van der Waals surface area (Å²) in [4.78, 5) is 11.2. The summed E-state index contributed by atoms with van der Waals surface area (Å²) in [5.74, 6) is 0.254. The van der Waals surface area contributed by atoms with Crippen LogP contribution in [0.3, 0.4) is 0 Å². The molecule has 0 bridgehead atoms. The van der Waals surface area contributed by atoms with Crippen molar-refractivity contribution in [1.82, 2.24) is 0 Å². The lowest BCUT2D eigenvalue weighted by atomic mass is 9.78. The molecule has 4 heteroatoms. The van der Waals surface area contributed by atoms with Crippen molar-refractivity contribution < 1.29 is 14.6 Å². The number of hydrogen-bond acceptors (Lipinski definition) is 3. The topological polar surface area (TPSA) is 58.6 Å². The van der Waals surface area contributed by atoms with E-state index in [1.165, 1.54) is 7.11 Å². The highest BCUT2D eigenvalue weighted by Crippen LogP contribution is 2.33. The number of ether oxygens (including phenoxy) is 1. The highest BCUT2D eigenvalue weighted by molar-refractivity contribution is 5.84. The number of anilines is 1. The Balaban J connectivity index is 2.26. The third-order valence-corrected chi connectivity index (χ3v) is 3.61. The van der Waals surface area contributed by atoms with Crippen molar-refractivity contribution in [3.05, 3.63) is 59.7 Å². The number of nitrogens with one attached hydrogen (secondary N) is 1. The van der Waals surface area contributed by atoms with Crippen LogP contribution in [0.5, 0.6) is 5.75 Å². The molecule has 1 amide bonds. The molecule has 0 radical (unpaired) electrons. The fourth-order valence-electron chi connectivity index (χ4n) is 2.20. The van der Waals surface area contributed by atoms with E-state index in [-0.39, 0.29) is 11.2 Å². The number of aromatic hydroxyl groups is 1. The van der Waals surface area contributed by atoms with Gasteiger partial charge in [-0.05, 0) is 35.4 Å². The van der Waals surface area contributed by atoms with Crippen molar-refractivity contribution in [2.75, 3.05) is 12.4 Å². The number of rotatable bonds is 3. The average molecular weight is 285 g/mol. The first-order valence-corrected chi connectivity index (χ1v) is 6.68. The maximum atomic E-state index is 11.2. The first-order valence-electron chi connectivity index (χ1n) is 6.68. The van der Waals surface area contributed by atoms with Gasteiger partial charge in [0, 0.05) is 11.1 Å². The number of methoxy groups -OCH3 is 1. The first-order chi connectivity index (χ1) is 9.93. The minimum atomic E-state index is -0.491. The molecule has 21 heavy (non-hydrogen) atoms. The van der Waals surface area contributed by atoms with Gasteiger partial charge in [-0.15, -0.1) is 0 Å².